The predicted molar refractivity (Wildman–Crippen MR) is 114 cm³/mol. The van der Waals surface area contributed by atoms with E-state index in [0.29, 0.717) is 56.5 Å². The lowest BCUT2D eigenvalue weighted by molar-refractivity contribution is -0.120. The molecule has 2 N–H and O–H groups in total. The molecule has 3 rings (SSSR count). The fourth-order valence-electron chi connectivity index (χ4n) is 2.97. The van der Waals surface area contributed by atoms with E-state index in [9.17, 15) is 9.59 Å². The van der Waals surface area contributed by atoms with Crippen molar-refractivity contribution in [3.63, 3.8) is 0 Å². The second kappa shape index (κ2) is 10.6. The monoisotopic (exact) mass is 422 g/mol. The van der Waals surface area contributed by atoms with E-state index in [0.717, 1.165) is 11.5 Å². The first-order chi connectivity index (χ1) is 13.6. The highest BCUT2D eigenvalue weighted by Crippen LogP contribution is 2.14. The van der Waals surface area contributed by atoms with E-state index in [1.165, 1.54) is 5.56 Å². The Bertz CT molecular complexity index is 817. The fourth-order valence-corrected chi connectivity index (χ4v) is 4.55. The maximum Gasteiger partial charge on any atom is 0.255 e. The minimum atomic E-state index is -0.159. The molecule has 1 aliphatic rings. The van der Waals surface area contributed by atoms with Crippen LogP contribution in [0.2, 0.25) is 0 Å². The van der Waals surface area contributed by atoms with Crippen LogP contribution < -0.4 is 15.8 Å². The number of carbonyl (C=O) groups excluding carboxylic acids is 1. The highest BCUT2D eigenvalue weighted by Gasteiger charge is 2.16. The first-order valence-electron chi connectivity index (χ1n) is 9.41. The lowest BCUT2D eigenvalue weighted by Crippen LogP contribution is -2.38. The summed E-state index contributed by atoms with van der Waals surface area (Å²) in [5.41, 5.74) is 2.43. The van der Waals surface area contributed by atoms with Crippen LogP contribution in [-0.4, -0.2) is 54.5 Å². The molecule has 28 heavy (non-hydrogen) atoms. The third-order valence-corrected chi connectivity index (χ3v) is 6.30. The summed E-state index contributed by atoms with van der Waals surface area (Å²) in [6.45, 7) is 5.17. The molecule has 1 aliphatic heterocycles. The Kier molecular flexibility index (Phi) is 7.93. The topological polar surface area (TPSA) is 87.3 Å². The van der Waals surface area contributed by atoms with Crippen LogP contribution in [0.5, 0.6) is 0 Å². The third-order valence-electron chi connectivity index (χ3n) is 4.54. The summed E-state index contributed by atoms with van der Waals surface area (Å²) in [7, 11) is 0. The number of aryl methyl sites for hydroxylation is 1. The number of aromatic amines is 1. The number of nitrogens with zero attached hydrogens (tertiary/aromatic N) is 2. The number of hydrogen-bond donors (Lipinski definition) is 2. The molecule has 1 fully saturated rings. The number of thioether (sulfide) groups is 1. The van der Waals surface area contributed by atoms with Gasteiger partial charge < -0.3 is 15.0 Å². The highest BCUT2D eigenvalue weighted by atomic mass is 32.2. The van der Waals surface area contributed by atoms with Crippen molar-refractivity contribution < 1.29 is 9.53 Å². The van der Waals surface area contributed by atoms with Gasteiger partial charge in [-0.3, -0.25) is 14.6 Å². The Morgan fingerprint density at radius 3 is 2.96 bits per heavy atom. The van der Waals surface area contributed by atoms with Crippen molar-refractivity contribution in [3.05, 3.63) is 44.0 Å². The summed E-state index contributed by atoms with van der Waals surface area (Å²) in [6.07, 6.45) is 0.684. The third kappa shape index (κ3) is 6.08. The molecule has 0 unspecified atom stereocenters. The molecule has 0 aromatic carbocycles. The zero-order chi connectivity index (χ0) is 19.8. The highest BCUT2D eigenvalue weighted by molar-refractivity contribution is 7.98. The number of H-pyrrole nitrogens is 1. The number of ether oxygens (including phenoxy) is 1. The number of amides is 1. The van der Waals surface area contributed by atoms with Gasteiger partial charge in [0.05, 0.1) is 13.2 Å². The summed E-state index contributed by atoms with van der Waals surface area (Å²) in [5.74, 6) is 2.39. The first kappa shape index (κ1) is 20.9. The number of rotatable bonds is 9. The van der Waals surface area contributed by atoms with Gasteiger partial charge in [-0.1, -0.05) is 0 Å². The van der Waals surface area contributed by atoms with Gasteiger partial charge in [0.2, 0.25) is 11.9 Å². The normalized spacial score (nSPS) is 14.2. The van der Waals surface area contributed by atoms with Gasteiger partial charge in [-0.15, -0.1) is 0 Å². The molecule has 152 valence electrons. The van der Waals surface area contributed by atoms with E-state index in [4.69, 9.17) is 4.74 Å². The van der Waals surface area contributed by atoms with Gasteiger partial charge in [0.1, 0.15) is 0 Å². The molecule has 0 bridgehead atoms. The van der Waals surface area contributed by atoms with E-state index in [2.05, 4.69) is 32.1 Å². The van der Waals surface area contributed by atoms with E-state index < -0.39 is 0 Å². The summed E-state index contributed by atoms with van der Waals surface area (Å²) in [6, 6.07) is 2.12. The molecule has 0 radical (unpaired) electrons. The zero-order valence-electron chi connectivity index (χ0n) is 16.0. The molecule has 0 atom stereocenters. The Morgan fingerprint density at radius 2 is 2.25 bits per heavy atom. The van der Waals surface area contributed by atoms with Gasteiger partial charge in [-0.2, -0.15) is 23.1 Å². The van der Waals surface area contributed by atoms with Gasteiger partial charge >= 0.3 is 0 Å². The molecular weight excluding hydrogens is 396 g/mol. The van der Waals surface area contributed by atoms with Crippen LogP contribution in [-0.2, 0) is 21.7 Å². The van der Waals surface area contributed by atoms with E-state index >= 15 is 0 Å². The molecule has 0 spiro atoms. The number of aromatic nitrogens is 2. The quantitative estimate of drug-likeness (QED) is 0.601. The molecular formula is C19H26N4O3S2. The second-order valence-corrected chi connectivity index (χ2v) is 8.47. The summed E-state index contributed by atoms with van der Waals surface area (Å²) < 4.78 is 5.33. The van der Waals surface area contributed by atoms with Crippen LogP contribution in [0.25, 0.3) is 0 Å². The Balaban J connectivity index is 1.42. The van der Waals surface area contributed by atoms with Crippen molar-refractivity contribution in [2.45, 2.75) is 25.5 Å². The lowest BCUT2D eigenvalue weighted by Gasteiger charge is -2.27. The Labute approximate surface area is 172 Å². The molecule has 2 aromatic heterocycles. The molecule has 9 heteroatoms. The maximum atomic E-state index is 12.4. The van der Waals surface area contributed by atoms with Gasteiger partial charge in [-0.05, 0) is 35.7 Å². The average molecular weight is 423 g/mol. The van der Waals surface area contributed by atoms with Crippen molar-refractivity contribution in [2.24, 2.45) is 0 Å². The number of thiophene rings is 1. The Morgan fingerprint density at radius 1 is 1.43 bits per heavy atom. The number of morpholine rings is 1. The molecule has 1 amide bonds. The predicted octanol–water partition coefficient (Wildman–Crippen LogP) is 1.96. The van der Waals surface area contributed by atoms with Crippen molar-refractivity contribution in [1.82, 2.24) is 15.3 Å². The van der Waals surface area contributed by atoms with Gasteiger partial charge in [0, 0.05) is 48.8 Å². The van der Waals surface area contributed by atoms with Crippen molar-refractivity contribution in [1.29, 1.82) is 0 Å². The molecule has 3 heterocycles. The molecule has 7 nitrogen and oxygen atoms in total. The largest absolute Gasteiger partial charge is 0.378 e. The van der Waals surface area contributed by atoms with Crippen LogP contribution in [0.1, 0.15) is 23.2 Å². The maximum absolute atomic E-state index is 12.4. The lowest BCUT2D eigenvalue weighted by atomic mass is 10.1. The molecule has 2 aromatic rings. The fraction of sp³-hybridized carbons (Fsp3) is 0.526. The molecule has 0 saturated carbocycles. The Hall–Kier alpha value is -1.84. The van der Waals surface area contributed by atoms with Crippen LogP contribution in [0.4, 0.5) is 5.95 Å². The number of nitrogens with one attached hydrogen (secondary N) is 2. The number of hydrogen-bond acceptors (Lipinski definition) is 7. The van der Waals surface area contributed by atoms with Crippen LogP contribution in [0.15, 0.2) is 21.6 Å². The average Bonchev–Trinajstić information content (AvgIpc) is 3.21. The minimum absolute atomic E-state index is 0.0350. The van der Waals surface area contributed by atoms with Crippen LogP contribution in [0, 0.1) is 6.92 Å². The van der Waals surface area contributed by atoms with Gasteiger partial charge in [0.25, 0.3) is 5.56 Å². The zero-order valence-corrected chi connectivity index (χ0v) is 17.7. The minimum Gasteiger partial charge on any atom is -0.378 e. The molecule has 1 saturated heterocycles. The van der Waals surface area contributed by atoms with Crippen molar-refractivity contribution >= 4 is 35.0 Å². The van der Waals surface area contributed by atoms with Crippen molar-refractivity contribution in [3.8, 4) is 0 Å². The summed E-state index contributed by atoms with van der Waals surface area (Å²) in [4.78, 5) is 33.9. The number of carbonyl (C=O) groups is 1. The van der Waals surface area contributed by atoms with Gasteiger partial charge in [-0.25, -0.2) is 4.98 Å². The standard InChI is InChI=1S/C19H26N4O3S2/c1-14-16(18(25)22-19(21-14)23-6-8-26-9-7-23)2-3-17(24)20-5-11-28-13-15-4-10-27-12-15/h4,10,12H,2-3,5-9,11,13H2,1H3,(H,20,24)(H,21,22,25). The van der Waals surface area contributed by atoms with Gasteiger partial charge in [0.15, 0.2) is 0 Å². The summed E-state index contributed by atoms with van der Waals surface area (Å²) in [5, 5.41) is 7.14. The molecule has 0 aliphatic carbocycles. The number of anilines is 1. The second-order valence-electron chi connectivity index (χ2n) is 6.59. The van der Waals surface area contributed by atoms with E-state index in [-0.39, 0.29) is 17.9 Å². The van der Waals surface area contributed by atoms with E-state index in [1.54, 1.807) is 23.1 Å². The first-order valence-corrected chi connectivity index (χ1v) is 11.5. The van der Waals surface area contributed by atoms with Crippen LogP contribution >= 0.6 is 23.1 Å². The van der Waals surface area contributed by atoms with Crippen LogP contribution in [0.3, 0.4) is 0 Å². The summed E-state index contributed by atoms with van der Waals surface area (Å²) >= 11 is 3.50. The SMILES string of the molecule is Cc1nc(N2CCOCC2)[nH]c(=O)c1CCC(=O)NCCSCc1ccsc1. The van der Waals surface area contributed by atoms with E-state index in [1.807, 2.05) is 11.8 Å². The van der Waals surface area contributed by atoms with Crippen molar-refractivity contribution in [2.75, 3.05) is 43.5 Å². The smallest absolute Gasteiger partial charge is 0.255 e.